The van der Waals surface area contributed by atoms with Crippen molar-refractivity contribution in [3.63, 3.8) is 0 Å². The van der Waals surface area contributed by atoms with Crippen LogP contribution in [0.15, 0.2) is 78.9 Å². The lowest BCUT2D eigenvalue weighted by Crippen LogP contribution is -2.21. The van der Waals surface area contributed by atoms with Crippen molar-refractivity contribution in [2.45, 2.75) is 13.8 Å². The van der Waals surface area contributed by atoms with E-state index in [4.69, 9.17) is 14.2 Å². The Kier molecular flexibility index (Phi) is 8.02. The third-order valence-corrected chi connectivity index (χ3v) is 6.53. The van der Waals surface area contributed by atoms with Gasteiger partial charge in [0.2, 0.25) is 0 Å². The van der Waals surface area contributed by atoms with E-state index in [1.807, 2.05) is 92.7 Å². The number of ether oxygens (including phenoxy) is 3. The normalized spacial score (nSPS) is 10.5. The molecule has 0 aliphatic heterocycles. The van der Waals surface area contributed by atoms with Crippen molar-refractivity contribution in [2.75, 3.05) is 25.6 Å². The lowest BCUT2D eigenvalue weighted by Gasteiger charge is -2.10. The fourth-order valence-electron chi connectivity index (χ4n) is 3.85. The number of hydrogen-bond donors (Lipinski definition) is 1. The summed E-state index contributed by atoms with van der Waals surface area (Å²) in [5.74, 6) is 0.439. The quantitative estimate of drug-likeness (QED) is 0.262. The summed E-state index contributed by atoms with van der Waals surface area (Å²) in [5, 5.41) is 3.25. The van der Waals surface area contributed by atoms with Gasteiger partial charge in [-0.25, -0.2) is 4.79 Å². The number of methoxy groups -OCH3 is 1. The van der Waals surface area contributed by atoms with Crippen molar-refractivity contribution < 1.29 is 23.8 Å². The molecular formula is C29H27NO5S. The second-order valence-electron chi connectivity index (χ2n) is 7.91. The molecule has 4 aromatic rings. The third-order valence-electron chi connectivity index (χ3n) is 5.51. The van der Waals surface area contributed by atoms with E-state index in [1.165, 1.54) is 18.4 Å². The number of hydrogen-bond acceptors (Lipinski definition) is 6. The Bertz CT molecular complexity index is 1330. The fourth-order valence-corrected chi connectivity index (χ4v) is 4.93. The van der Waals surface area contributed by atoms with Crippen molar-refractivity contribution in [1.29, 1.82) is 0 Å². The van der Waals surface area contributed by atoms with E-state index >= 15 is 0 Å². The molecule has 36 heavy (non-hydrogen) atoms. The second kappa shape index (κ2) is 11.6. The Balaban J connectivity index is 1.48. The number of anilines is 1. The Morgan fingerprint density at radius 2 is 1.39 bits per heavy atom. The number of thiophene rings is 1. The Morgan fingerprint density at radius 1 is 0.806 bits per heavy atom. The minimum Gasteiger partial charge on any atom is -0.494 e. The number of rotatable bonds is 9. The molecule has 1 amide bonds. The highest BCUT2D eigenvalue weighted by atomic mass is 32.1. The first-order valence-corrected chi connectivity index (χ1v) is 12.3. The van der Waals surface area contributed by atoms with Crippen LogP contribution in [0.25, 0.3) is 22.3 Å². The molecule has 0 aliphatic carbocycles. The summed E-state index contributed by atoms with van der Waals surface area (Å²) in [6, 6.07) is 25.1. The number of amides is 1. The van der Waals surface area contributed by atoms with Crippen molar-refractivity contribution in [1.82, 2.24) is 0 Å². The maximum Gasteiger partial charge on any atom is 0.341 e. The van der Waals surface area contributed by atoms with Gasteiger partial charge in [-0.05, 0) is 54.8 Å². The average molecular weight is 502 g/mol. The first-order chi connectivity index (χ1) is 17.5. The molecule has 0 unspecified atom stereocenters. The monoisotopic (exact) mass is 501 g/mol. The summed E-state index contributed by atoms with van der Waals surface area (Å²) in [5.41, 5.74) is 4.05. The predicted molar refractivity (Wildman–Crippen MR) is 143 cm³/mol. The zero-order chi connectivity index (χ0) is 25.5. The highest BCUT2D eigenvalue weighted by Gasteiger charge is 2.25. The highest BCUT2D eigenvalue weighted by molar-refractivity contribution is 7.17. The van der Waals surface area contributed by atoms with Gasteiger partial charge in [0, 0.05) is 10.4 Å². The van der Waals surface area contributed by atoms with Gasteiger partial charge in [-0.2, -0.15) is 0 Å². The molecule has 0 aliphatic rings. The smallest absolute Gasteiger partial charge is 0.341 e. The van der Waals surface area contributed by atoms with Crippen LogP contribution >= 0.6 is 11.3 Å². The van der Waals surface area contributed by atoms with Crippen LogP contribution in [0.4, 0.5) is 5.00 Å². The van der Waals surface area contributed by atoms with Gasteiger partial charge >= 0.3 is 5.97 Å². The Hall–Kier alpha value is -4.10. The number of carbonyl (C=O) groups excluding carboxylic acids is 2. The van der Waals surface area contributed by atoms with E-state index in [0.717, 1.165) is 32.9 Å². The van der Waals surface area contributed by atoms with Gasteiger partial charge in [0.25, 0.3) is 5.91 Å². The summed E-state index contributed by atoms with van der Waals surface area (Å²) >= 11 is 1.32. The van der Waals surface area contributed by atoms with E-state index in [0.29, 0.717) is 22.9 Å². The summed E-state index contributed by atoms with van der Waals surface area (Å²) in [4.78, 5) is 26.3. The van der Waals surface area contributed by atoms with Crippen LogP contribution in [0.5, 0.6) is 11.5 Å². The molecule has 0 saturated heterocycles. The molecule has 3 aromatic carbocycles. The van der Waals surface area contributed by atoms with Gasteiger partial charge in [-0.15, -0.1) is 11.3 Å². The standard InChI is InChI=1S/C29H27NO5S/c1-4-34-23-16-12-22(13-17-23)26-19(2)36-28(27(26)29(32)33-3)30-25(31)18-35-24-14-10-21(11-15-24)20-8-6-5-7-9-20/h5-17H,4,18H2,1-3H3,(H,30,31). The maximum atomic E-state index is 12.7. The first-order valence-electron chi connectivity index (χ1n) is 11.5. The van der Waals surface area contributed by atoms with Crippen LogP contribution in [0, 0.1) is 6.92 Å². The summed E-state index contributed by atoms with van der Waals surface area (Å²) in [7, 11) is 1.32. The topological polar surface area (TPSA) is 73.9 Å². The maximum absolute atomic E-state index is 12.7. The lowest BCUT2D eigenvalue weighted by molar-refractivity contribution is -0.118. The molecule has 4 rings (SSSR count). The van der Waals surface area contributed by atoms with Gasteiger partial charge in [0.1, 0.15) is 22.1 Å². The Morgan fingerprint density at radius 3 is 2.00 bits per heavy atom. The van der Waals surface area contributed by atoms with Gasteiger partial charge in [0.05, 0.1) is 13.7 Å². The molecule has 0 saturated carbocycles. The molecule has 0 atom stereocenters. The summed E-state index contributed by atoms with van der Waals surface area (Å²) in [6.45, 7) is 4.20. The van der Waals surface area contributed by atoms with Gasteiger partial charge in [-0.3, -0.25) is 4.79 Å². The summed E-state index contributed by atoms with van der Waals surface area (Å²) in [6.07, 6.45) is 0. The van der Waals surface area contributed by atoms with Gasteiger partial charge < -0.3 is 19.5 Å². The number of esters is 1. The molecule has 6 nitrogen and oxygen atoms in total. The van der Waals surface area contributed by atoms with Crippen molar-refractivity contribution in [3.8, 4) is 33.8 Å². The number of benzene rings is 3. The van der Waals surface area contributed by atoms with E-state index in [9.17, 15) is 9.59 Å². The number of aryl methyl sites for hydroxylation is 1. The SMILES string of the molecule is CCOc1ccc(-c2c(C)sc(NC(=O)COc3ccc(-c4ccccc4)cc3)c2C(=O)OC)cc1. The fraction of sp³-hybridized carbons (Fsp3) is 0.172. The van der Waals surface area contributed by atoms with E-state index < -0.39 is 5.97 Å². The summed E-state index contributed by atoms with van der Waals surface area (Å²) < 4.78 is 16.2. The first kappa shape index (κ1) is 25.0. The van der Waals surface area contributed by atoms with Crippen LogP contribution in [0.3, 0.4) is 0 Å². The predicted octanol–water partition coefficient (Wildman–Crippen LogP) is 6.59. The van der Waals surface area contributed by atoms with E-state index in [2.05, 4.69) is 5.32 Å². The van der Waals surface area contributed by atoms with Crippen molar-refractivity contribution in [2.24, 2.45) is 0 Å². The van der Waals surface area contributed by atoms with Gasteiger partial charge in [0.15, 0.2) is 6.61 Å². The largest absolute Gasteiger partial charge is 0.494 e. The van der Waals surface area contributed by atoms with E-state index in [-0.39, 0.29) is 12.5 Å². The molecule has 0 bridgehead atoms. The molecular weight excluding hydrogens is 474 g/mol. The van der Waals surface area contributed by atoms with Crippen LogP contribution in [0.2, 0.25) is 0 Å². The molecule has 0 fully saturated rings. The lowest BCUT2D eigenvalue weighted by atomic mass is 10.0. The molecule has 0 radical (unpaired) electrons. The molecule has 1 heterocycles. The van der Waals surface area contributed by atoms with Crippen LogP contribution in [-0.2, 0) is 9.53 Å². The Labute approximate surface area is 214 Å². The highest BCUT2D eigenvalue weighted by Crippen LogP contribution is 2.40. The minimum absolute atomic E-state index is 0.194. The number of nitrogens with one attached hydrogen (secondary N) is 1. The molecule has 0 spiro atoms. The van der Waals surface area contributed by atoms with Crippen LogP contribution in [0.1, 0.15) is 22.2 Å². The molecule has 1 N–H and O–H groups in total. The van der Waals surface area contributed by atoms with E-state index in [1.54, 1.807) is 0 Å². The van der Waals surface area contributed by atoms with Crippen LogP contribution in [-0.4, -0.2) is 32.2 Å². The molecule has 1 aromatic heterocycles. The molecule has 7 heteroatoms. The van der Waals surface area contributed by atoms with Gasteiger partial charge in [-0.1, -0.05) is 54.6 Å². The third kappa shape index (κ3) is 5.75. The molecule has 184 valence electrons. The zero-order valence-electron chi connectivity index (χ0n) is 20.4. The average Bonchev–Trinajstić information content (AvgIpc) is 3.23. The zero-order valence-corrected chi connectivity index (χ0v) is 21.2. The van der Waals surface area contributed by atoms with Crippen molar-refractivity contribution in [3.05, 3.63) is 89.3 Å². The number of carbonyl (C=O) groups is 2. The van der Waals surface area contributed by atoms with Crippen molar-refractivity contribution >= 4 is 28.2 Å². The van der Waals surface area contributed by atoms with Crippen LogP contribution < -0.4 is 14.8 Å². The second-order valence-corrected chi connectivity index (χ2v) is 9.14. The minimum atomic E-state index is -0.518.